The normalized spacial score (nSPS) is 17.7. The van der Waals surface area contributed by atoms with Gasteiger partial charge in [0, 0.05) is 5.75 Å². The predicted molar refractivity (Wildman–Crippen MR) is 44.6 cm³/mol. The lowest BCUT2D eigenvalue weighted by Gasteiger charge is -1.97. The van der Waals surface area contributed by atoms with Crippen LogP contribution in [0.4, 0.5) is 0 Å². The van der Waals surface area contributed by atoms with Crippen molar-refractivity contribution >= 4 is 11.8 Å². The molecule has 0 saturated heterocycles. The maximum atomic E-state index is 3.86. The van der Waals surface area contributed by atoms with Crippen LogP contribution < -0.4 is 0 Å². The van der Waals surface area contributed by atoms with Gasteiger partial charge in [-0.15, -0.1) is 11.8 Å². The molecule has 0 fully saturated rings. The Bertz CT molecular complexity index is 145. The van der Waals surface area contributed by atoms with E-state index in [0.717, 1.165) is 6.42 Å². The number of allylic oxidation sites excluding steroid dienone is 3. The fourth-order valence-corrected chi connectivity index (χ4v) is 1.97. The predicted octanol–water partition coefficient (Wildman–Crippen LogP) is 2.97. The van der Waals surface area contributed by atoms with Gasteiger partial charge in [0.25, 0.3) is 0 Å². The van der Waals surface area contributed by atoms with Crippen molar-refractivity contribution < 1.29 is 0 Å². The lowest BCUT2D eigenvalue weighted by molar-refractivity contribution is 1.19. The molecule has 0 unspecified atom stereocenters. The van der Waals surface area contributed by atoms with E-state index in [-0.39, 0.29) is 0 Å². The third-order valence-corrected chi connectivity index (χ3v) is 2.37. The Kier molecular flexibility index (Phi) is 2.40. The molecule has 1 heterocycles. The summed E-state index contributed by atoms with van der Waals surface area (Å²) in [6.07, 6.45) is 4.68. The maximum Gasteiger partial charge on any atom is 0.00118 e. The van der Waals surface area contributed by atoms with Gasteiger partial charge in [-0.05, 0) is 24.7 Å². The molecule has 0 aromatic heterocycles. The molecule has 0 amide bonds. The molecule has 1 heteroatoms. The molecule has 0 aromatic rings. The molecule has 0 radical (unpaired) electrons. The highest BCUT2D eigenvalue weighted by Gasteiger charge is 2.03. The summed E-state index contributed by atoms with van der Waals surface area (Å²) in [6.45, 7) is 5.95. The minimum atomic E-state index is 1.10. The van der Waals surface area contributed by atoms with Crippen LogP contribution in [0.2, 0.25) is 0 Å². The Balaban J connectivity index is 2.35. The average molecular weight is 140 g/mol. The lowest BCUT2D eigenvalue weighted by Crippen LogP contribution is -1.73. The van der Waals surface area contributed by atoms with Gasteiger partial charge < -0.3 is 0 Å². The Morgan fingerprint density at radius 2 is 2.67 bits per heavy atom. The summed E-state index contributed by atoms with van der Waals surface area (Å²) in [6, 6.07) is 0. The zero-order chi connectivity index (χ0) is 6.69. The summed E-state index contributed by atoms with van der Waals surface area (Å²) in [7, 11) is 0. The summed E-state index contributed by atoms with van der Waals surface area (Å²) in [4.78, 5) is 1.52. The molecule has 50 valence electrons. The summed E-state index contributed by atoms with van der Waals surface area (Å²) in [5.74, 6) is 1.28. The van der Waals surface area contributed by atoms with Crippen LogP contribution in [-0.4, -0.2) is 5.75 Å². The highest BCUT2D eigenvalue weighted by atomic mass is 32.2. The monoisotopic (exact) mass is 140 g/mol. The van der Waals surface area contributed by atoms with Gasteiger partial charge >= 0.3 is 0 Å². The number of hydrogen-bond acceptors (Lipinski definition) is 1. The van der Waals surface area contributed by atoms with Crippen molar-refractivity contribution in [2.24, 2.45) is 0 Å². The molecule has 0 spiro atoms. The van der Waals surface area contributed by atoms with Gasteiger partial charge in [0.2, 0.25) is 0 Å². The van der Waals surface area contributed by atoms with Crippen LogP contribution in [0.5, 0.6) is 0 Å². The van der Waals surface area contributed by atoms with Gasteiger partial charge in [0.05, 0.1) is 0 Å². The molecule has 9 heavy (non-hydrogen) atoms. The molecule has 0 atom stereocenters. The minimum absolute atomic E-state index is 1.10. The quantitative estimate of drug-likeness (QED) is 0.531. The molecule has 1 rings (SSSR count). The molecule has 0 aromatic carbocycles. The molecular weight excluding hydrogens is 128 g/mol. The molecule has 1 aliphatic rings. The van der Waals surface area contributed by atoms with Gasteiger partial charge in [-0.2, -0.15) is 0 Å². The van der Waals surface area contributed by atoms with E-state index < -0.39 is 0 Å². The van der Waals surface area contributed by atoms with Gasteiger partial charge in [-0.3, -0.25) is 0 Å². The van der Waals surface area contributed by atoms with E-state index in [9.17, 15) is 0 Å². The highest BCUT2D eigenvalue weighted by molar-refractivity contribution is 8.03. The first-order chi connectivity index (χ1) is 4.29. The topological polar surface area (TPSA) is 0 Å². The Morgan fingerprint density at radius 1 is 1.89 bits per heavy atom. The zero-order valence-electron chi connectivity index (χ0n) is 5.81. The van der Waals surface area contributed by atoms with Crippen molar-refractivity contribution in [2.45, 2.75) is 19.8 Å². The van der Waals surface area contributed by atoms with E-state index >= 15 is 0 Å². The van der Waals surface area contributed by atoms with Gasteiger partial charge in [-0.1, -0.05) is 18.2 Å². The molecule has 0 aliphatic carbocycles. The molecule has 1 aliphatic heterocycles. The maximum absolute atomic E-state index is 3.86. The third kappa shape index (κ3) is 2.27. The Morgan fingerprint density at radius 3 is 3.11 bits per heavy atom. The van der Waals surface area contributed by atoms with Crippen LogP contribution in [0.1, 0.15) is 19.8 Å². The highest BCUT2D eigenvalue weighted by Crippen LogP contribution is 2.29. The number of thioether (sulfide) groups is 1. The summed E-state index contributed by atoms with van der Waals surface area (Å²) in [5, 5.41) is 0. The molecule has 0 nitrogen and oxygen atoms in total. The van der Waals surface area contributed by atoms with Crippen molar-refractivity contribution in [3.05, 3.63) is 23.1 Å². The summed E-state index contributed by atoms with van der Waals surface area (Å²) >= 11 is 1.97. The second-order valence-corrected chi connectivity index (χ2v) is 3.66. The standard InChI is InChI=1S/C8H12S/c1-7(2)6-8-4-3-5-9-8/h4H,1,3,5-6H2,2H3. The molecular formula is C8H12S. The van der Waals surface area contributed by atoms with Crippen LogP contribution in [0.25, 0.3) is 0 Å². The van der Waals surface area contributed by atoms with Crippen molar-refractivity contribution in [3.8, 4) is 0 Å². The Labute approximate surface area is 61.0 Å². The van der Waals surface area contributed by atoms with E-state index in [0.29, 0.717) is 0 Å². The first kappa shape index (κ1) is 6.94. The van der Waals surface area contributed by atoms with Crippen molar-refractivity contribution in [1.29, 1.82) is 0 Å². The van der Waals surface area contributed by atoms with E-state index in [1.54, 1.807) is 0 Å². The van der Waals surface area contributed by atoms with Gasteiger partial charge in [-0.25, -0.2) is 0 Å². The van der Waals surface area contributed by atoms with Gasteiger partial charge in [0.1, 0.15) is 0 Å². The molecule has 0 N–H and O–H groups in total. The average Bonchev–Trinajstić information content (AvgIpc) is 2.15. The summed E-state index contributed by atoms with van der Waals surface area (Å²) in [5.41, 5.74) is 1.27. The fraction of sp³-hybridized carbons (Fsp3) is 0.500. The first-order valence-corrected chi connectivity index (χ1v) is 4.24. The van der Waals surface area contributed by atoms with Crippen LogP contribution >= 0.6 is 11.8 Å². The van der Waals surface area contributed by atoms with Crippen LogP contribution in [0.3, 0.4) is 0 Å². The second kappa shape index (κ2) is 3.11. The summed E-state index contributed by atoms with van der Waals surface area (Å²) < 4.78 is 0. The minimum Gasteiger partial charge on any atom is -0.130 e. The Hall–Kier alpha value is -0.170. The van der Waals surface area contributed by atoms with Crippen LogP contribution in [0, 0.1) is 0 Å². The second-order valence-electron chi connectivity index (χ2n) is 2.44. The number of rotatable bonds is 2. The SMILES string of the molecule is C=C(C)CC1=CCCS1. The van der Waals surface area contributed by atoms with Crippen molar-refractivity contribution in [1.82, 2.24) is 0 Å². The van der Waals surface area contributed by atoms with E-state index in [2.05, 4.69) is 19.6 Å². The largest absolute Gasteiger partial charge is 0.130 e. The third-order valence-electron chi connectivity index (χ3n) is 1.25. The smallest absolute Gasteiger partial charge is 0.00118 e. The first-order valence-electron chi connectivity index (χ1n) is 3.25. The molecule has 0 saturated carbocycles. The van der Waals surface area contributed by atoms with Gasteiger partial charge in [0.15, 0.2) is 0 Å². The molecule has 0 bridgehead atoms. The fourth-order valence-electron chi connectivity index (χ4n) is 0.889. The van der Waals surface area contributed by atoms with Crippen molar-refractivity contribution in [2.75, 3.05) is 5.75 Å². The zero-order valence-corrected chi connectivity index (χ0v) is 6.63. The van der Waals surface area contributed by atoms with E-state index in [1.165, 1.54) is 22.7 Å². The van der Waals surface area contributed by atoms with E-state index in [4.69, 9.17) is 0 Å². The van der Waals surface area contributed by atoms with Crippen molar-refractivity contribution in [3.63, 3.8) is 0 Å². The van der Waals surface area contributed by atoms with Crippen LogP contribution in [0.15, 0.2) is 23.1 Å². The van der Waals surface area contributed by atoms with Crippen LogP contribution in [-0.2, 0) is 0 Å². The lowest BCUT2D eigenvalue weighted by atomic mass is 10.2. The van der Waals surface area contributed by atoms with E-state index in [1.807, 2.05) is 11.8 Å². The number of hydrogen-bond donors (Lipinski definition) is 0.